The van der Waals surface area contributed by atoms with E-state index in [9.17, 15) is 4.79 Å². The van der Waals surface area contributed by atoms with E-state index in [4.69, 9.17) is 5.26 Å². The van der Waals surface area contributed by atoms with Gasteiger partial charge in [-0.1, -0.05) is 12.1 Å². The van der Waals surface area contributed by atoms with Crippen molar-refractivity contribution in [2.75, 3.05) is 37.6 Å². The molecule has 1 aromatic carbocycles. The molecule has 1 atom stereocenters. The number of aromatic amines is 1. The molecule has 2 saturated heterocycles. The van der Waals surface area contributed by atoms with E-state index in [0.29, 0.717) is 25.5 Å². The zero-order valence-corrected chi connectivity index (χ0v) is 15.1. The van der Waals surface area contributed by atoms with E-state index in [1.54, 1.807) is 28.4 Å². The second kappa shape index (κ2) is 6.58. The Morgan fingerprint density at radius 2 is 2.00 bits per heavy atom. The smallest absolute Gasteiger partial charge is 0.247 e. The summed E-state index contributed by atoms with van der Waals surface area (Å²) in [4.78, 5) is 27.5. The molecule has 9 heteroatoms. The van der Waals surface area contributed by atoms with Crippen molar-refractivity contribution in [2.24, 2.45) is 0 Å². The Bertz CT molecular complexity index is 1070. The summed E-state index contributed by atoms with van der Waals surface area (Å²) in [5.41, 5.74) is 2.61. The average molecular weight is 374 g/mol. The molecule has 4 heterocycles. The number of amides is 1. The minimum atomic E-state index is -0.302. The van der Waals surface area contributed by atoms with Crippen molar-refractivity contribution in [3.8, 4) is 17.5 Å². The highest BCUT2D eigenvalue weighted by Crippen LogP contribution is 2.27. The first kappa shape index (κ1) is 16.6. The molecule has 5 rings (SSSR count). The van der Waals surface area contributed by atoms with Gasteiger partial charge in [0.15, 0.2) is 12.0 Å². The van der Waals surface area contributed by atoms with Crippen LogP contribution in [-0.2, 0) is 4.79 Å². The molecule has 9 nitrogen and oxygen atoms in total. The zero-order chi connectivity index (χ0) is 19.1. The van der Waals surface area contributed by atoms with Gasteiger partial charge in [0, 0.05) is 37.1 Å². The van der Waals surface area contributed by atoms with Crippen LogP contribution in [-0.4, -0.2) is 74.6 Å². The third kappa shape index (κ3) is 2.66. The van der Waals surface area contributed by atoms with Gasteiger partial charge in [-0.05, 0) is 6.07 Å². The molecular formula is C19H18N8O. The van der Waals surface area contributed by atoms with Crippen molar-refractivity contribution in [1.29, 1.82) is 5.26 Å². The number of hydrogen-bond acceptors (Lipinski definition) is 7. The molecule has 0 bridgehead atoms. The number of benzene rings is 1. The molecular weight excluding hydrogens is 356 g/mol. The Kier molecular flexibility index (Phi) is 3.91. The van der Waals surface area contributed by atoms with Gasteiger partial charge < -0.3 is 4.90 Å². The van der Waals surface area contributed by atoms with E-state index in [2.05, 4.69) is 31.3 Å². The molecule has 0 spiro atoms. The van der Waals surface area contributed by atoms with E-state index in [1.807, 2.05) is 18.2 Å². The van der Waals surface area contributed by atoms with E-state index >= 15 is 0 Å². The summed E-state index contributed by atoms with van der Waals surface area (Å²) >= 11 is 0. The van der Waals surface area contributed by atoms with Crippen molar-refractivity contribution in [2.45, 2.75) is 6.04 Å². The maximum Gasteiger partial charge on any atom is 0.247 e. The molecule has 0 aliphatic carbocycles. The monoisotopic (exact) mass is 374 g/mol. The topological polar surface area (TPSA) is 105 Å². The molecule has 0 saturated carbocycles. The second-order valence-corrected chi connectivity index (χ2v) is 6.98. The van der Waals surface area contributed by atoms with Crippen LogP contribution in [0.15, 0.2) is 36.8 Å². The number of hydrogen-bond donors (Lipinski definition) is 1. The lowest BCUT2D eigenvalue weighted by molar-refractivity contribution is -0.127. The number of rotatable bonds is 2. The first-order valence-electron chi connectivity index (χ1n) is 9.19. The van der Waals surface area contributed by atoms with Crippen LogP contribution in [0.3, 0.4) is 0 Å². The fraction of sp³-hybridized carbons (Fsp3) is 0.316. The highest BCUT2D eigenvalue weighted by Gasteiger charge is 2.39. The molecule has 1 amide bonds. The van der Waals surface area contributed by atoms with Gasteiger partial charge in [-0.15, -0.1) is 0 Å². The number of nitrogens with one attached hydrogen (secondary N) is 1. The standard InChI is InChI=1S/C19H18N8O/c20-12-25-4-5-26-6-7-27(19(28)17(26)11-25)18-10-21-16(9-22-18)13-2-1-3-15-14(13)8-23-24-15/h1-3,8-10,17H,4-7,11H2,(H,23,24)/t17-/m1/s1. The van der Waals surface area contributed by atoms with Crippen LogP contribution in [0.2, 0.25) is 0 Å². The molecule has 0 unspecified atom stereocenters. The summed E-state index contributed by atoms with van der Waals surface area (Å²) in [6.45, 7) is 3.19. The number of nitrogens with zero attached hydrogens (tertiary/aromatic N) is 7. The fourth-order valence-corrected chi connectivity index (χ4v) is 3.95. The number of piperazine rings is 2. The van der Waals surface area contributed by atoms with Gasteiger partial charge in [-0.3, -0.25) is 24.7 Å². The van der Waals surface area contributed by atoms with Crippen molar-refractivity contribution >= 4 is 22.6 Å². The maximum atomic E-state index is 13.0. The summed E-state index contributed by atoms with van der Waals surface area (Å²) in [6.07, 6.45) is 7.26. The molecule has 2 fully saturated rings. The molecule has 140 valence electrons. The lowest BCUT2D eigenvalue weighted by atomic mass is 10.1. The van der Waals surface area contributed by atoms with Gasteiger partial charge in [-0.2, -0.15) is 10.4 Å². The van der Waals surface area contributed by atoms with Crippen molar-refractivity contribution in [1.82, 2.24) is 30.0 Å². The summed E-state index contributed by atoms with van der Waals surface area (Å²) < 4.78 is 0. The van der Waals surface area contributed by atoms with Crippen LogP contribution in [0.1, 0.15) is 0 Å². The highest BCUT2D eigenvalue weighted by molar-refractivity contribution is 5.97. The van der Waals surface area contributed by atoms with Crippen LogP contribution >= 0.6 is 0 Å². The van der Waals surface area contributed by atoms with E-state index in [0.717, 1.165) is 35.2 Å². The number of aromatic nitrogens is 4. The maximum absolute atomic E-state index is 13.0. The van der Waals surface area contributed by atoms with E-state index < -0.39 is 0 Å². The SMILES string of the molecule is N#CN1CCN2CCN(c3cnc(-c4cccc5[nH]ncc45)cn3)C(=O)[C@H]2C1. The zero-order valence-electron chi connectivity index (χ0n) is 15.1. The lowest BCUT2D eigenvalue weighted by Gasteiger charge is -2.44. The molecule has 2 aromatic heterocycles. The van der Waals surface area contributed by atoms with Gasteiger partial charge in [0.25, 0.3) is 0 Å². The summed E-state index contributed by atoms with van der Waals surface area (Å²) in [5, 5.41) is 17.2. The van der Waals surface area contributed by atoms with E-state index in [-0.39, 0.29) is 11.9 Å². The quantitative estimate of drug-likeness (QED) is 0.663. The van der Waals surface area contributed by atoms with Crippen LogP contribution in [0.4, 0.5) is 5.82 Å². The Hall–Kier alpha value is -3.51. The summed E-state index contributed by atoms with van der Waals surface area (Å²) in [7, 11) is 0. The Morgan fingerprint density at radius 3 is 2.82 bits per heavy atom. The third-order valence-electron chi connectivity index (χ3n) is 5.47. The van der Waals surface area contributed by atoms with Crippen LogP contribution < -0.4 is 4.90 Å². The lowest BCUT2D eigenvalue weighted by Crippen LogP contribution is -2.64. The molecule has 3 aromatic rings. The van der Waals surface area contributed by atoms with Crippen LogP contribution in [0.5, 0.6) is 0 Å². The number of fused-ring (bicyclic) bond motifs is 2. The number of nitriles is 1. The van der Waals surface area contributed by atoms with Gasteiger partial charge in [0.05, 0.1) is 36.3 Å². The molecule has 28 heavy (non-hydrogen) atoms. The third-order valence-corrected chi connectivity index (χ3v) is 5.47. The second-order valence-electron chi connectivity index (χ2n) is 6.98. The largest absolute Gasteiger partial charge is 0.307 e. The molecule has 2 aliphatic rings. The number of carbonyl (C=O) groups is 1. The van der Waals surface area contributed by atoms with Crippen molar-refractivity contribution in [3.05, 3.63) is 36.8 Å². The summed E-state index contributed by atoms with van der Waals surface area (Å²) in [5.74, 6) is 0.520. The molecule has 1 N–H and O–H groups in total. The van der Waals surface area contributed by atoms with E-state index in [1.165, 1.54) is 0 Å². The molecule has 0 radical (unpaired) electrons. The predicted octanol–water partition coefficient (Wildman–Crippen LogP) is 0.834. The van der Waals surface area contributed by atoms with Gasteiger partial charge in [-0.25, -0.2) is 4.98 Å². The molecule has 2 aliphatic heterocycles. The average Bonchev–Trinajstić information content (AvgIpc) is 3.23. The normalized spacial score (nSPS) is 20.2. The minimum absolute atomic E-state index is 0.0230. The predicted molar refractivity (Wildman–Crippen MR) is 102 cm³/mol. The fourth-order valence-electron chi connectivity index (χ4n) is 3.95. The van der Waals surface area contributed by atoms with Gasteiger partial charge in [0.1, 0.15) is 6.04 Å². The number of anilines is 1. The Labute approximate surface area is 161 Å². The van der Waals surface area contributed by atoms with Crippen molar-refractivity contribution < 1.29 is 4.79 Å². The van der Waals surface area contributed by atoms with Gasteiger partial charge in [0.2, 0.25) is 5.91 Å². The van der Waals surface area contributed by atoms with Crippen LogP contribution in [0.25, 0.3) is 22.2 Å². The van der Waals surface area contributed by atoms with Crippen LogP contribution in [0, 0.1) is 11.5 Å². The first-order chi connectivity index (χ1) is 13.7. The van der Waals surface area contributed by atoms with Gasteiger partial charge >= 0.3 is 0 Å². The Morgan fingerprint density at radius 1 is 1.11 bits per heavy atom. The minimum Gasteiger partial charge on any atom is -0.307 e. The highest BCUT2D eigenvalue weighted by atomic mass is 16.2. The Balaban J connectivity index is 1.41. The first-order valence-corrected chi connectivity index (χ1v) is 9.19. The number of carbonyl (C=O) groups excluding carboxylic acids is 1. The summed E-state index contributed by atoms with van der Waals surface area (Å²) in [6, 6.07) is 5.58. The number of H-pyrrole nitrogens is 1. The van der Waals surface area contributed by atoms with Crippen molar-refractivity contribution in [3.63, 3.8) is 0 Å².